The van der Waals surface area contributed by atoms with E-state index < -0.39 is 11.7 Å². The molecule has 2 aromatic rings. The number of carbonyl (C=O) groups is 2. The number of hydrogen-bond acceptors (Lipinski definition) is 2. The number of fused-ring (bicyclic) bond motifs is 1. The molecule has 4 N–H and O–H groups in total. The van der Waals surface area contributed by atoms with Crippen LogP contribution < -0.4 is 15.1 Å². The second-order valence-electron chi connectivity index (χ2n) is 7.21. The summed E-state index contributed by atoms with van der Waals surface area (Å²) < 4.78 is 0. The molecular weight excluding hydrogens is 328 g/mol. The van der Waals surface area contributed by atoms with Crippen LogP contribution in [0.1, 0.15) is 29.4 Å². The summed E-state index contributed by atoms with van der Waals surface area (Å²) in [5.74, 6) is -0.958. The third kappa shape index (κ3) is 4.14. The normalized spacial score (nSPS) is 20.2. The molecule has 26 heavy (non-hydrogen) atoms. The number of quaternary nitrogens is 2. The number of rotatable bonds is 7. The molecule has 0 radical (unpaired) electrons. The highest BCUT2D eigenvalue weighted by Gasteiger charge is 2.23. The van der Waals surface area contributed by atoms with E-state index in [1.165, 1.54) is 32.7 Å². The monoisotopic (exact) mass is 358 g/mol. The minimum Gasteiger partial charge on any atom is -0.358 e. The SMILES string of the molecule is CC[NH+]1CC[NH+](CCCNC(=O)C(=O)c2c(C)[nH]c3ccccc23)CC1. The van der Waals surface area contributed by atoms with Crippen LogP contribution in [0.5, 0.6) is 0 Å². The zero-order valence-corrected chi connectivity index (χ0v) is 15.8. The van der Waals surface area contributed by atoms with Gasteiger partial charge in [-0.15, -0.1) is 0 Å². The number of para-hydroxylation sites is 1. The summed E-state index contributed by atoms with van der Waals surface area (Å²) in [7, 11) is 0. The molecule has 0 bridgehead atoms. The maximum Gasteiger partial charge on any atom is 0.292 e. The van der Waals surface area contributed by atoms with E-state index in [9.17, 15) is 9.59 Å². The van der Waals surface area contributed by atoms with E-state index in [1.54, 1.807) is 9.80 Å². The lowest BCUT2D eigenvalue weighted by atomic mass is 10.1. The van der Waals surface area contributed by atoms with Gasteiger partial charge in [-0.1, -0.05) is 18.2 Å². The van der Waals surface area contributed by atoms with E-state index in [2.05, 4.69) is 17.2 Å². The first-order valence-electron chi connectivity index (χ1n) is 9.67. The number of aryl methyl sites for hydroxylation is 1. The minimum absolute atomic E-state index is 0.451. The summed E-state index contributed by atoms with van der Waals surface area (Å²) >= 11 is 0. The fraction of sp³-hybridized carbons (Fsp3) is 0.500. The molecule has 6 nitrogen and oxygen atoms in total. The molecule has 0 spiro atoms. The molecule has 1 amide bonds. The van der Waals surface area contributed by atoms with E-state index in [1.807, 2.05) is 31.2 Å². The van der Waals surface area contributed by atoms with Crippen molar-refractivity contribution in [3.63, 3.8) is 0 Å². The van der Waals surface area contributed by atoms with Crippen molar-refractivity contribution in [2.75, 3.05) is 45.8 Å². The molecule has 140 valence electrons. The van der Waals surface area contributed by atoms with Gasteiger partial charge in [0, 0.05) is 29.6 Å². The van der Waals surface area contributed by atoms with Gasteiger partial charge in [0.05, 0.1) is 18.7 Å². The van der Waals surface area contributed by atoms with E-state index in [0.29, 0.717) is 12.1 Å². The van der Waals surface area contributed by atoms with Gasteiger partial charge in [0.1, 0.15) is 26.2 Å². The van der Waals surface area contributed by atoms with Gasteiger partial charge in [-0.3, -0.25) is 9.59 Å². The molecule has 6 heteroatoms. The summed E-state index contributed by atoms with van der Waals surface area (Å²) in [6.45, 7) is 11.8. The molecule has 0 unspecified atom stereocenters. The summed E-state index contributed by atoms with van der Waals surface area (Å²) in [6.07, 6.45) is 0.905. The highest BCUT2D eigenvalue weighted by molar-refractivity contribution is 6.45. The predicted octanol–water partition coefficient (Wildman–Crippen LogP) is -1.03. The van der Waals surface area contributed by atoms with Crippen molar-refractivity contribution in [3.05, 3.63) is 35.5 Å². The Morgan fingerprint density at radius 2 is 1.81 bits per heavy atom. The first-order chi connectivity index (χ1) is 12.6. The van der Waals surface area contributed by atoms with Gasteiger partial charge in [0.25, 0.3) is 11.7 Å². The van der Waals surface area contributed by atoms with Crippen molar-refractivity contribution >= 4 is 22.6 Å². The van der Waals surface area contributed by atoms with Crippen molar-refractivity contribution in [3.8, 4) is 0 Å². The first kappa shape index (κ1) is 18.6. The van der Waals surface area contributed by atoms with Crippen LogP contribution in [0.3, 0.4) is 0 Å². The molecule has 2 heterocycles. The molecule has 1 aromatic heterocycles. The van der Waals surface area contributed by atoms with Gasteiger partial charge in [0.15, 0.2) is 0 Å². The Hall–Kier alpha value is -2.18. The molecule has 1 aliphatic rings. The number of Topliss-reactive ketones (excluding diaryl/α,β-unsaturated/α-hetero) is 1. The number of hydrogen-bond donors (Lipinski definition) is 4. The maximum absolute atomic E-state index is 12.6. The van der Waals surface area contributed by atoms with Crippen LogP contribution in [0.2, 0.25) is 0 Å². The van der Waals surface area contributed by atoms with Gasteiger partial charge in [-0.2, -0.15) is 0 Å². The Labute approximate surface area is 154 Å². The summed E-state index contributed by atoms with van der Waals surface area (Å²) in [6, 6.07) is 7.59. The minimum atomic E-state index is -0.506. The number of nitrogens with one attached hydrogen (secondary N) is 4. The van der Waals surface area contributed by atoms with Crippen LogP contribution in [0, 0.1) is 6.92 Å². The Morgan fingerprint density at radius 3 is 2.54 bits per heavy atom. The molecule has 0 aliphatic carbocycles. The average Bonchev–Trinajstić information content (AvgIpc) is 3.00. The number of aromatic amines is 1. The van der Waals surface area contributed by atoms with Crippen LogP contribution >= 0.6 is 0 Å². The van der Waals surface area contributed by atoms with E-state index in [0.717, 1.165) is 29.6 Å². The van der Waals surface area contributed by atoms with Gasteiger partial charge in [-0.05, 0) is 19.9 Å². The lowest BCUT2D eigenvalue weighted by Gasteiger charge is -2.28. The number of H-pyrrole nitrogens is 1. The molecule has 1 fully saturated rings. The van der Waals surface area contributed by atoms with Crippen LogP contribution in [0.15, 0.2) is 24.3 Å². The quantitative estimate of drug-likeness (QED) is 0.290. The molecule has 1 saturated heterocycles. The van der Waals surface area contributed by atoms with E-state index in [-0.39, 0.29) is 0 Å². The van der Waals surface area contributed by atoms with E-state index >= 15 is 0 Å². The third-order valence-electron chi connectivity index (χ3n) is 5.48. The Kier molecular flexibility index (Phi) is 6.06. The predicted molar refractivity (Wildman–Crippen MR) is 102 cm³/mol. The first-order valence-corrected chi connectivity index (χ1v) is 9.67. The highest BCUT2D eigenvalue weighted by Crippen LogP contribution is 2.22. The smallest absolute Gasteiger partial charge is 0.292 e. The van der Waals surface area contributed by atoms with Gasteiger partial charge in [-0.25, -0.2) is 0 Å². The van der Waals surface area contributed by atoms with Crippen molar-refractivity contribution in [1.29, 1.82) is 0 Å². The van der Waals surface area contributed by atoms with Crippen LogP contribution in [0.25, 0.3) is 10.9 Å². The van der Waals surface area contributed by atoms with Crippen LogP contribution in [-0.4, -0.2) is 62.5 Å². The fourth-order valence-electron chi connectivity index (χ4n) is 3.86. The number of ketones is 1. The average molecular weight is 358 g/mol. The molecule has 1 aromatic carbocycles. The van der Waals surface area contributed by atoms with Crippen LogP contribution in [-0.2, 0) is 4.79 Å². The Balaban J connectivity index is 1.48. The van der Waals surface area contributed by atoms with Crippen molar-refractivity contribution in [1.82, 2.24) is 10.3 Å². The Morgan fingerprint density at radius 1 is 1.12 bits per heavy atom. The van der Waals surface area contributed by atoms with Crippen molar-refractivity contribution in [2.24, 2.45) is 0 Å². The zero-order chi connectivity index (χ0) is 18.5. The molecule has 3 rings (SSSR count). The van der Waals surface area contributed by atoms with Gasteiger partial charge in [0.2, 0.25) is 0 Å². The second-order valence-corrected chi connectivity index (χ2v) is 7.21. The molecular formula is C20H30N4O2+2. The largest absolute Gasteiger partial charge is 0.358 e. The number of amides is 1. The fourth-order valence-corrected chi connectivity index (χ4v) is 3.86. The zero-order valence-electron chi connectivity index (χ0n) is 15.8. The lowest BCUT2D eigenvalue weighted by Crippen LogP contribution is -3.28. The second kappa shape index (κ2) is 8.47. The van der Waals surface area contributed by atoms with Gasteiger partial charge < -0.3 is 20.1 Å². The van der Waals surface area contributed by atoms with Crippen molar-refractivity contribution in [2.45, 2.75) is 20.3 Å². The topological polar surface area (TPSA) is 70.8 Å². The third-order valence-corrected chi connectivity index (χ3v) is 5.48. The number of aromatic nitrogens is 1. The maximum atomic E-state index is 12.6. The number of piperazine rings is 1. The summed E-state index contributed by atoms with van der Waals surface area (Å²) in [4.78, 5) is 31.3. The molecule has 1 aliphatic heterocycles. The highest BCUT2D eigenvalue weighted by atomic mass is 16.2. The lowest BCUT2D eigenvalue weighted by molar-refractivity contribution is -1.01. The Bertz CT molecular complexity index is 775. The standard InChI is InChI=1S/C20H28N4O2/c1-3-23-11-13-24(14-12-23)10-6-9-21-20(26)19(25)18-15(2)22-17-8-5-4-7-16(17)18/h4-5,7-8,22H,3,6,9-14H2,1-2H3,(H,21,26)/p+2. The molecule has 0 atom stereocenters. The molecule has 0 saturated carbocycles. The number of likely N-dealkylation sites (N-methyl/N-ethyl adjacent to an activating group) is 1. The summed E-state index contributed by atoms with van der Waals surface area (Å²) in [5, 5.41) is 3.61. The van der Waals surface area contributed by atoms with E-state index in [4.69, 9.17) is 0 Å². The van der Waals surface area contributed by atoms with Gasteiger partial charge >= 0.3 is 0 Å². The van der Waals surface area contributed by atoms with Crippen molar-refractivity contribution < 1.29 is 19.4 Å². The summed E-state index contributed by atoms with van der Waals surface area (Å²) in [5.41, 5.74) is 2.12. The van der Waals surface area contributed by atoms with Crippen LogP contribution in [0.4, 0.5) is 0 Å². The number of carbonyl (C=O) groups excluding carboxylic acids is 2. The number of benzene rings is 1.